The van der Waals surface area contributed by atoms with Crippen LogP contribution in [0.3, 0.4) is 0 Å². The molecule has 0 saturated heterocycles. The van der Waals surface area contributed by atoms with Gasteiger partial charge >= 0.3 is 0 Å². The van der Waals surface area contributed by atoms with Gasteiger partial charge in [0.15, 0.2) is 23.1 Å². The van der Waals surface area contributed by atoms with Crippen molar-refractivity contribution in [2.75, 3.05) is 62.4 Å². The Kier molecular flexibility index (Phi) is 14.2. The lowest BCUT2D eigenvalue weighted by molar-refractivity contribution is 0.265. The third kappa shape index (κ3) is 10.8. The molecule has 14 nitrogen and oxygen atoms in total. The van der Waals surface area contributed by atoms with Crippen LogP contribution in [0.25, 0.3) is 22.3 Å². The molecule has 0 fully saturated rings. The molecule has 2 atom stereocenters. The van der Waals surface area contributed by atoms with Gasteiger partial charge in [-0.15, -0.1) is 0 Å². The van der Waals surface area contributed by atoms with Crippen molar-refractivity contribution < 1.29 is 18.9 Å². The van der Waals surface area contributed by atoms with E-state index in [1.54, 1.807) is 39.0 Å². The second-order valence-corrected chi connectivity index (χ2v) is 16.1. The molecule has 2 aliphatic heterocycles. The summed E-state index contributed by atoms with van der Waals surface area (Å²) >= 11 is 5.83. The van der Waals surface area contributed by atoms with Crippen LogP contribution in [0.2, 0.25) is 5.28 Å². The molecule has 2 aliphatic rings. The Bertz CT molecular complexity index is 2950. The predicted octanol–water partition coefficient (Wildman–Crippen LogP) is 10.5. The number of fused-ring (bicyclic) bond motifs is 2. The Balaban J connectivity index is 0.000000150. The van der Waals surface area contributed by atoms with Crippen molar-refractivity contribution in [1.29, 1.82) is 0 Å². The number of nitrogens with one attached hydrogen (secondary N) is 1. The van der Waals surface area contributed by atoms with E-state index in [0.717, 1.165) is 62.5 Å². The normalized spacial score (nSPS) is 14.6. The molecule has 3 N–H and O–H groups in total. The number of aryl methyl sites for hydroxylation is 2. The molecule has 0 unspecified atom stereocenters. The molecule has 0 saturated carbocycles. The Hall–Kier alpha value is -7.97. The van der Waals surface area contributed by atoms with E-state index in [2.05, 4.69) is 64.3 Å². The Morgan fingerprint density at radius 3 is 1.66 bits per heavy atom. The van der Waals surface area contributed by atoms with Crippen molar-refractivity contribution in [3.05, 3.63) is 174 Å². The van der Waals surface area contributed by atoms with Gasteiger partial charge in [-0.3, -0.25) is 9.97 Å². The van der Waals surface area contributed by atoms with Gasteiger partial charge in [-0.25, -0.2) is 9.97 Å². The van der Waals surface area contributed by atoms with Crippen LogP contribution in [0.1, 0.15) is 34.6 Å². The zero-order valence-electron chi connectivity index (χ0n) is 38.1. The van der Waals surface area contributed by atoms with E-state index in [1.165, 1.54) is 11.1 Å². The summed E-state index contributed by atoms with van der Waals surface area (Å²) in [6, 6.07) is 40.3. The number of ether oxygens (including phenoxy) is 4. The summed E-state index contributed by atoms with van der Waals surface area (Å²) in [5, 5.41) is 3.53. The Labute approximate surface area is 395 Å². The minimum absolute atomic E-state index is 0.0876. The fraction of sp³-hybridized carbons (Fsp3) is 0.192. The van der Waals surface area contributed by atoms with Gasteiger partial charge < -0.3 is 39.8 Å². The zero-order valence-corrected chi connectivity index (χ0v) is 38.8. The smallest absolute Gasteiger partial charge is 0.229 e. The zero-order chi connectivity index (χ0) is 46.9. The number of halogens is 1. The van der Waals surface area contributed by atoms with Gasteiger partial charge in [-0.2, -0.15) is 9.97 Å². The van der Waals surface area contributed by atoms with Crippen LogP contribution in [0, 0.1) is 13.8 Å². The van der Waals surface area contributed by atoms with Crippen LogP contribution < -0.4 is 39.8 Å². The quantitative estimate of drug-likeness (QED) is 0.110. The summed E-state index contributed by atoms with van der Waals surface area (Å²) in [6.45, 7) is 5.07. The molecule has 340 valence electrons. The van der Waals surface area contributed by atoms with Crippen molar-refractivity contribution in [1.82, 2.24) is 29.9 Å². The number of rotatable bonds is 8. The van der Waals surface area contributed by atoms with E-state index in [9.17, 15) is 0 Å². The summed E-state index contributed by atoms with van der Waals surface area (Å²) in [7, 11) is 7.33. The number of methoxy groups -OCH3 is 2. The van der Waals surface area contributed by atoms with Gasteiger partial charge in [0.2, 0.25) is 11.2 Å². The maximum Gasteiger partial charge on any atom is 0.229 e. The second-order valence-electron chi connectivity index (χ2n) is 15.8. The average Bonchev–Trinajstić information content (AvgIpc) is 3.35. The van der Waals surface area contributed by atoms with Crippen LogP contribution in [0.5, 0.6) is 23.0 Å². The van der Waals surface area contributed by atoms with Crippen molar-refractivity contribution >= 4 is 40.6 Å². The fourth-order valence-electron chi connectivity index (χ4n) is 7.83. The maximum absolute atomic E-state index is 5.96. The number of aromatic nitrogens is 6. The first kappa shape index (κ1) is 45.6. The van der Waals surface area contributed by atoms with E-state index >= 15 is 0 Å². The molecule has 67 heavy (non-hydrogen) atoms. The third-order valence-corrected chi connectivity index (χ3v) is 11.5. The van der Waals surface area contributed by atoms with E-state index in [1.807, 2.05) is 125 Å². The number of anilines is 5. The number of hydrogen-bond acceptors (Lipinski definition) is 14. The monoisotopic (exact) mass is 914 g/mol. The van der Waals surface area contributed by atoms with Crippen LogP contribution in [0.15, 0.2) is 146 Å². The van der Waals surface area contributed by atoms with Gasteiger partial charge in [0.25, 0.3) is 0 Å². The van der Waals surface area contributed by atoms with Gasteiger partial charge in [0, 0.05) is 72.5 Å². The van der Waals surface area contributed by atoms with Crippen LogP contribution in [0.4, 0.5) is 29.0 Å². The highest BCUT2D eigenvalue weighted by Crippen LogP contribution is 2.39. The Morgan fingerprint density at radius 1 is 0.612 bits per heavy atom. The third-order valence-electron chi connectivity index (χ3n) is 11.3. The molecule has 0 bridgehead atoms. The summed E-state index contributed by atoms with van der Waals surface area (Å²) in [5.74, 6) is 4.87. The van der Waals surface area contributed by atoms with Gasteiger partial charge in [0.1, 0.15) is 24.7 Å². The predicted molar refractivity (Wildman–Crippen MR) is 265 cm³/mol. The molecule has 15 heteroatoms. The maximum atomic E-state index is 5.96. The van der Waals surface area contributed by atoms with Gasteiger partial charge in [0.05, 0.1) is 38.7 Å². The number of nitrogens with two attached hydrogens (primary N) is 1. The van der Waals surface area contributed by atoms with Crippen molar-refractivity contribution in [3.63, 3.8) is 0 Å². The van der Waals surface area contributed by atoms with Crippen LogP contribution >= 0.6 is 11.6 Å². The molecular weight excluding hydrogens is 864 g/mol. The lowest BCUT2D eigenvalue weighted by atomic mass is 10.0. The summed E-state index contributed by atoms with van der Waals surface area (Å²) in [5.41, 5.74) is 15.7. The molecule has 6 heterocycles. The van der Waals surface area contributed by atoms with E-state index in [4.69, 9.17) is 41.3 Å². The van der Waals surface area contributed by atoms with Crippen LogP contribution in [-0.4, -0.2) is 71.4 Å². The molecule has 4 aromatic carbocycles. The highest BCUT2D eigenvalue weighted by Gasteiger charge is 2.29. The first-order valence-electron chi connectivity index (χ1n) is 21.5. The topological polar surface area (TPSA) is 159 Å². The van der Waals surface area contributed by atoms with Gasteiger partial charge in [-0.1, -0.05) is 60.7 Å². The number of likely N-dealkylation sites (N-methyl/N-ethyl adjacent to an activating group) is 2. The summed E-state index contributed by atoms with van der Waals surface area (Å²) < 4.78 is 22.6. The summed E-state index contributed by atoms with van der Waals surface area (Å²) in [6.07, 6.45) is 6.93. The summed E-state index contributed by atoms with van der Waals surface area (Å²) in [4.78, 5) is 30.0. The SMILES string of the molecule is CN1c2nc(Cl)ncc2OC[C@@H]1c1ccccc1.COc1cc(N)ccc1-c1ccnc(C)c1.COc1cc(Nc2ncc3c(n2)N(C)[C@@H](c2ccccc2)CO3)ccc1-c1ccnc(C)c1. The number of nitrogens with zero attached hydrogens (tertiary/aromatic N) is 8. The molecular formula is C52H51ClN10O4. The minimum Gasteiger partial charge on any atom is -0.496 e. The first-order valence-corrected chi connectivity index (χ1v) is 21.9. The van der Waals surface area contributed by atoms with Crippen molar-refractivity contribution in [2.45, 2.75) is 25.9 Å². The lowest BCUT2D eigenvalue weighted by Crippen LogP contribution is -2.34. The highest BCUT2D eigenvalue weighted by atomic mass is 35.5. The molecule has 0 amide bonds. The van der Waals surface area contributed by atoms with Gasteiger partial charge in [-0.05, 0) is 96.2 Å². The number of pyridine rings is 2. The Morgan fingerprint density at radius 2 is 1.12 bits per heavy atom. The second kappa shape index (κ2) is 20.9. The highest BCUT2D eigenvalue weighted by molar-refractivity contribution is 6.28. The van der Waals surface area contributed by atoms with E-state index in [-0.39, 0.29) is 17.4 Å². The first-order chi connectivity index (χ1) is 32.6. The molecule has 0 spiro atoms. The van der Waals surface area contributed by atoms with Crippen molar-refractivity contribution in [2.24, 2.45) is 0 Å². The van der Waals surface area contributed by atoms with Crippen molar-refractivity contribution in [3.8, 4) is 45.3 Å². The lowest BCUT2D eigenvalue weighted by Gasteiger charge is -2.34. The number of nitrogen functional groups attached to an aromatic ring is 1. The fourth-order valence-corrected chi connectivity index (χ4v) is 7.96. The number of benzene rings is 4. The molecule has 8 aromatic rings. The molecule has 0 aliphatic carbocycles. The van der Waals surface area contributed by atoms with E-state index in [0.29, 0.717) is 36.3 Å². The van der Waals surface area contributed by atoms with E-state index < -0.39 is 0 Å². The number of hydrogen-bond donors (Lipinski definition) is 2. The molecule has 0 radical (unpaired) electrons. The minimum atomic E-state index is 0.0876. The molecule has 10 rings (SSSR count). The van der Waals surface area contributed by atoms with Crippen LogP contribution in [-0.2, 0) is 0 Å². The average molecular weight is 915 g/mol. The largest absolute Gasteiger partial charge is 0.496 e. The standard InChI is InChI=1S/C26H25N5O2.C13H12ClN3O.C13H14N2O/c1-17-13-19(11-12-27-17)21-10-9-20(14-23(21)32-3)29-26-28-15-24-25(30-26)31(2)22(16-33-24)18-7-5-4-6-8-18;1-17-10(9-5-3-2-4-6-9)8-18-11-7-15-13(14)16-12(11)17;1-9-7-10(5-6-15-9)12-4-3-11(14)8-13(12)16-2/h4-15,22H,16H2,1-3H3,(H,28,29,30);2-7,10H,8H2,1H3;3-8H,14H2,1-2H3/t22-;10-;/m11./s1. The molecule has 4 aromatic heterocycles.